The van der Waals surface area contributed by atoms with E-state index in [-0.39, 0.29) is 12.1 Å². The molecule has 4 nitrogen and oxygen atoms in total. The summed E-state index contributed by atoms with van der Waals surface area (Å²) in [5, 5.41) is 9.42. The Morgan fingerprint density at radius 2 is 1.87 bits per heavy atom. The highest BCUT2D eigenvalue weighted by Crippen LogP contribution is 2.31. The van der Waals surface area contributed by atoms with Crippen molar-refractivity contribution in [1.82, 2.24) is 9.88 Å². The molecule has 2 aromatic rings. The van der Waals surface area contributed by atoms with Crippen LogP contribution in [0, 0.1) is 0 Å². The minimum atomic E-state index is -4.45. The zero-order chi connectivity index (χ0) is 17.0. The van der Waals surface area contributed by atoms with E-state index in [9.17, 15) is 23.1 Å². The molecule has 1 aromatic carbocycles. The second-order valence-corrected chi connectivity index (χ2v) is 5.10. The van der Waals surface area contributed by atoms with E-state index in [4.69, 9.17) is 0 Å². The van der Waals surface area contributed by atoms with Crippen molar-refractivity contribution >= 4 is 5.97 Å². The van der Waals surface area contributed by atoms with Gasteiger partial charge in [-0.1, -0.05) is 18.2 Å². The Labute approximate surface area is 131 Å². The lowest BCUT2D eigenvalue weighted by molar-refractivity contribution is -0.143. The van der Waals surface area contributed by atoms with Crippen LogP contribution in [0.4, 0.5) is 13.2 Å². The van der Waals surface area contributed by atoms with Crippen LogP contribution in [-0.2, 0) is 17.5 Å². The van der Waals surface area contributed by atoms with Gasteiger partial charge >= 0.3 is 12.1 Å². The van der Waals surface area contributed by atoms with Crippen LogP contribution < -0.4 is 0 Å². The minimum absolute atomic E-state index is 0.263. The highest BCUT2D eigenvalue weighted by atomic mass is 19.4. The van der Waals surface area contributed by atoms with Crippen molar-refractivity contribution in [3.63, 3.8) is 0 Å². The molecule has 0 amide bonds. The maximum atomic E-state index is 12.6. The number of halogens is 3. The second-order valence-electron chi connectivity index (χ2n) is 5.10. The molecule has 0 radical (unpaired) electrons. The molecule has 1 atom stereocenters. The van der Waals surface area contributed by atoms with Gasteiger partial charge in [0.1, 0.15) is 6.04 Å². The van der Waals surface area contributed by atoms with Gasteiger partial charge in [0.25, 0.3) is 0 Å². The van der Waals surface area contributed by atoms with Gasteiger partial charge in [-0.05, 0) is 36.9 Å². The molecular formula is C16H15F3N2O2. The molecule has 1 heterocycles. The number of carboxylic acids is 1. The van der Waals surface area contributed by atoms with Gasteiger partial charge in [-0.2, -0.15) is 13.2 Å². The molecule has 0 aliphatic heterocycles. The summed E-state index contributed by atoms with van der Waals surface area (Å²) in [6.07, 6.45) is -2.85. The first-order chi connectivity index (χ1) is 10.8. The molecule has 0 fully saturated rings. The first kappa shape index (κ1) is 17.0. The summed E-state index contributed by atoms with van der Waals surface area (Å²) in [4.78, 5) is 17.2. The number of benzene rings is 1. The van der Waals surface area contributed by atoms with Crippen LogP contribution in [0.2, 0.25) is 0 Å². The highest BCUT2D eigenvalue weighted by molar-refractivity contribution is 5.75. The summed E-state index contributed by atoms with van der Waals surface area (Å²) >= 11 is 0. The number of rotatable bonds is 5. The molecule has 0 aliphatic carbocycles. The molecule has 0 aliphatic rings. The molecule has 1 aromatic heterocycles. The summed E-state index contributed by atoms with van der Waals surface area (Å²) in [6, 6.07) is 8.38. The van der Waals surface area contributed by atoms with Gasteiger partial charge in [0, 0.05) is 12.7 Å². The second kappa shape index (κ2) is 6.78. The fourth-order valence-electron chi connectivity index (χ4n) is 2.28. The number of carbonyl (C=O) groups is 1. The van der Waals surface area contributed by atoms with Gasteiger partial charge < -0.3 is 5.11 Å². The predicted octanol–water partition coefficient (Wildman–Crippen LogP) is 3.36. The Hall–Kier alpha value is -2.41. The first-order valence-electron chi connectivity index (χ1n) is 6.79. The number of aliphatic carboxylic acids is 1. The lowest BCUT2D eigenvalue weighted by Crippen LogP contribution is -2.30. The largest absolute Gasteiger partial charge is 0.480 e. The summed E-state index contributed by atoms with van der Waals surface area (Å²) in [6.45, 7) is 0.263. The monoisotopic (exact) mass is 324 g/mol. The molecule has 1 unspecified atom stereocenters. The third-order valence-corrected chi connectivity index (χ3v) is 3.37. The summed E-state index contributed by atoms with van der Waals surface area (Å²) in [5.74, 6) is -1.14. The molecule has 0 spiro atoms. The van der Waals surface area contributed by atoms with Crippen molar-refractivity contribution < 1.29 is 23.1 Å². The van der Waals surface area contributed by atoms with Gasteiger partial charge in [-0.25, -0.2) is 0 Å². The summed E-state index contributed by atoms with van der Waals surface area (Å²) in [7, 11) is 1.59. The van der Waals surface area contributed by atoms with E-state index in [0.29, 0.717) is 5.69 Å². The van der Waals surface area contributed by atoms with E-state index in [1.165, 1.54) is 17.0 Å². The van der Waals surface area contributed by atoms with Crippen LogP contribution in [0.25, 0.3) is 0 Å². The van der Waals surface area contributed by atoms with E-state index in [2.05, 4.69) is 4.98 Å². The number of aromatic nitrogens is 1. The maximum absolute atomic E-state index is 12.6. The third kappa shape index (κ3) is 4.29. The number of hydrogen-bond acceptors (Lipinski definition) is 3. The van der Waals surface area contributed by atoms with Crippen LogP contribution >= 0.6 is 0 Å². The number of carboxylic acid groups (broad SMARTS) is 1. The van der Waals surface area contributed by atoms with Gasteiger partial charge in [-0.15, -0.1) is 0 Å². The van der Waals surface area contributed by atoms with E-state index < -0.39 is 23.8 Å². The quantitative estimate of drug-likeness (QED) is 0.916. The lowest BCUT2D eigenvalue weighted by atomic mass is 10.0. The molecule has 0 saturated heterocycles. The molecule has 0 saturated carbocycles. The molecule has 2 rings (SSSR count). The summed E-state index contributed by atoms with van der Waals surface area (Å²) < 4.78 is 37.8. The maximum Gasteiger partial charge on any atom is 0.416 e. The number of pyridine rings is 1. The zero-order valence-corrected chi connectivity index (χ0v) is 12.3. The van der Waals surface area contributed by atoms with Crippen molar-refractivity contribution in [2.45, 2.75) is 18.8 Å². The molecule has 122 valence electrons. The topological polar surface area (TPSA) is 53.4 Å². The normalized spacial score (nSPS) is 13.1. The van der Waals surface area contributed by atoms with Crippen LogP contribution in [-0.4, -0.2) is 28.0 Å². The zero-order valence-electron chi connectivity index (χ0n) is 12.3. The van der Waals surface area contributed by atoms with Crippen LogP contribution in [0.3, 0.4) is 0 Å². The van der Waals surface area contributed by atoms with Crippen molar-refractivity contribution in [2.75, 3.05) is 7.05 Å². The Morgan fingerprint density at radius 1 is 1.22 bits per heavy atom. The van der Waals surface area contributed by atoms with Gasteiger partial charge in [-0.3, -0.25) is 14.7 Å². The number of likely N-dealkylation sites (N-methyl/N-ethyl adjacent to an activating group) is 1. The Morgan fingerprint density at radius 3 is 2.35 bits per heavy atom. The van der Waals surface area contributed by atoms with Crippen LogP contribution in [0.1, 0.15) is 22.9 Å². The predicted molar refractivity (Wildman–Crippen MR) is 77.5 cm³/mol. The molecular weight excluding hydrogens is 309 g/mol. The number of alkyl halides is 3. The average molecular weight is 324 g/mol. The fourth-order valence-corrected chi connectivity index (χ4v) is 2.28. The minimum Gasteiger partial charge on any atom is -0.480 e. The smallest absolute Gasteiger partial charge is 0.416 e. The van der Waals surface area contributed by atoms with Gasteiger partial charge in [0.15, 0.2) is 0 Å². The van der Waals surface area contributed by atoms with Crippen molar-refractivity contribution in [3.05, 3.63) is 65.5 Å². The number of hydrogen-bond donors (Lipinski definition) is 1. The summed E-state index contributed by atoms with van der Waals surface area (Å²) in [5.41, 5.74) is 0.148. The van der Waals surface area contributed by atoms with E-state index >= 15 is 0 Å². The molecule has 7 heteroatoms. The third-order valence-electron chi connectivity index (χ3n) is 3.37. The Kier molecular flexibility index (Phi) is 5.00. The van der Waals surface area contributed by atoms with Gasteiger partial charge in [0.05, 0.1) is 11.3 Å². The Balaban J connectivity index is 2.22. The van der Waals surface area contributed by atoms with Crippen molar-refractivity contribution in [1.29, 1.82) is 0 Å². The van der Waals surface area contributed by atoms with Crippen LogP contribution in [0.15, 0.2) is 48.7 Å². The lowest BCUT2D eigenvalue weighted by Gasteiger charge is -2.25. The van der Waals surface area contributed by atoms with E-state index in [1.54, 1.807) is 31.4 Å². The SMILES string of the molecule is CN(Cc1ccccn1)C(C(=O)O)c1ccc(C(F)(F)F)cc1. The first-order valence-corrected chi connectivity index (χ1v) is 6.79. The molecule has 23 heavy (non-hydrogen) atoms. The van der Waals surface area contributed by atoms with Crippen molar-refractivity contribution in [2.24, 2.45) is 0 Å². The van der Waals surface area contributed by atoms with E-state index in [0.717, 1.165) is 12.1 Å². The van der Waals surface area contributed by atoms with Crippen LogP contribution in [0.5, 0.6) is 0 Å². The fraction of sp³-hybridized carbons (Fsp3) is 0.250. The standard InChI is InChI=1S/C16H15F3N2O2/c1-21(10-13-4-2-3-9-20-13)14(15(22)23)11-5-7-12(8-6-11)16(17,18)19/h2-9,14H,10H2,1H3,(H,22,23). The molecule has 0 bridgehead atoms. The Bertz CT molecular complexity index is 657. The molecule has 1 N–H and O–H groups in total. The highest BCUT2D eigenvalue weighted by Gasteiger charge is 2.31. The number of nitrogens with zero attached hydrogens (tertiary/aromatic N) is 2. The van der Waals surface area contributed by atoms with E-state index in [1.807, 2.05) is 0 Å². The average Bonchev–Trinajstić information content (AvgIpc) is 2.47. The van der Waals surface area contributed by atoms with Gasteiger partial charge in [0.2, 0.25) is 0 Å². The van der Waals surface area contributed by atoms with Crippen molar-refractivity contribution in [3.8, 4) is 0 Å².